The molecule has 0 aliphatic heterocycles. The summed E-state index contributed by atoms with van der Waals surface area (Å²) in [5.74, 6) is -0.278. The number of halogens is 3. The van der Waals surface area contributed by atoms with Crippen LogP contribution in [0.4, 0.5) is 18.9 Å². The minimum atomic E-state index is -4.72. The molecule has 0 aromatic heterocycles. The third-order valence-electron chi connectivity index (χ3n) is 3.50. The molecule has 112 valence electrons. The molecule has 0 saturated heterocycles. The van der Waals surface area contributed by atoms with Crippen LogP contribution in [0.1, 0.15) is 32.1 Å². The molecule has 1 aromatic carbocycles. The van der Waals surface area contributed by atoms with E-state index in [2.05, 4.69) is 10.1 Å². The van der Waals surface area contributed by atoms with E-state index in [0.29, 0.717) is 12.8 Å². The van der Waals surface area contributed by atoms with E-state index in [1.165, 1.54) is 18.2 Å². The van der Waals surface area contributed by atoms with Crippen LogP contribution in [0.3, 0.4) is 0 Å². The summed E-state index contributed by atoms with van der Waals surface area (Å²) in [7, 11) is 0. The van der Waals surface area contributed by atoms with Gasteiger partial charge in [0.2, 0.25) is 0 Å². The van der Waals surface area contributed by atoms with Gasteiger partial charge in [0, 0.05) is 6.54 Å². The zero-order valence-electron chi connectivity index (χ0n) is 11.0. The van der Waals surface area contributed by atoms with Gasteiger partial charge in [-0.1, -0.05) is 31.4 Å². The monoisotopic (exact) mass is 289 g/mol. The molecule has 0 heterocycles. The van der Waals surface area contributed by atoms with E-state index in [0.717, 1.165) is 19.3 Å². The normalized spacial score (nSPS) is 18.6. The molecule has 1 aliphatic rings. The van der Waals surface area contributed by atoms with Crippen molar-refractivity contribution in [3.63, 3.8) is 0 Å². The van der Waals surface area contributed by atoms with Crippen molar-refractivity contribution in [2.75, 3.05) is 11.9 Å². The van der Waals surface area contributed by atoms with Gasteiger partial charge < -0.3 is 15.2 Å². The number of rotatable bonds is 4. The minimum absolute atomic E-state index is 0.227. The number of hydrogen-bond acceptors (Lipinski definition) is 3. The fourth-order valence-corrected chi connectivity index (χ4v) is 2.47. The molecule has 1 aliphatic carbocycles. The molecule has 20 heavy (non-hydrogen) atoms. The van der Waals surface area contributed by atoms with Crippen molar-refractivity contribution in [2.24, 2.45) is 0 Å². The Bertz CT molecular complexity index is 442. The van der Waals surface area contributed by atoms with Crippen molar-refractivity contribution in [3.8, 4) is 5.75 Å². The summed E-state index contributed by atoms with van der Waals surface area (Å²) >= 11 is 0. The highest BCUT2D eigenvalue weighted by Crippen LogP contribution is 2.32. The maximum atomic E-state index is 12.3. The molecule has 0 bridgehead atoms. The van der Waals surface area contributed by atoms with Crippen molar-refractivity contribution >= 4 is 5.69 Å². The van der Waals surface area contributed by atoms with Crippen molar-refractivity contribution in [3.05, 3.63) is 24.3 Å². The minimum Gasteiger partial charge on any atom is -0.404 e. The van der Waals surface area contributed by atoms with Gasteiger partial charge in [0.25, 0.3) is 0 Å². The first-order valence-electron chi connectivity index (χ1n) is 6.69. The predicted molar refractivity (Wildman–Crippen MR) is 69.6 cm³/mol. The van der Waals surface area contributed by atoms with E-state index >= 15 is 0 Å². The number of benzene rings is 1. The van der Waals surface area contributed by atoms with Crippen LogP contribution < -0.4 is 10.1 Å². The lowest BCUT2D eigenvalue weighted by atomic mass is 9.85. The van der Waals surface area contributed by atoms with Crippen LogP contribution in [0.25, 0.3) is 0 Å². The molecular weight excluding hydrogens is 271 g/mol. The SMILES string of the molecule is OC1(CNc2ccccc2OC(F)(F)F)CCCCC1. The quantitative estimate of drug-likeness (QED) is 0.888. The van der Waals surface area contributed by atoms with Gasteiger partial charge in [-0.2, -0.15) is 0 Å². The zero-order chi connectivity index (χ0) is 14.6. The van der Waals surface area contributed by atoms with E-state index < -0.39 is 12.0 Å². The summed E-state index contributed by atoms with van der Waals surface area (Å²) in [4.78, 5) is 0. The lowest BCUT2D eigenvalue weighted by Crippen LogP contribution is -2.38. The Labute approximate surface area is 115 Å². The van der Waals surface area contributed by atoms with Gasteiger partial charge in [-0.15, -0.1) is 13.2 Å². The Kier molecular flexibility index (Phi) is 4.42. The summed E-state index contributed by atoms with van der Waals surface area (Å²) in [5.41, 5.74) is -0.604. The molecule has 1 saturated carbocycles. The van der Waals surface area contributed by atoms with Crippen LogP contribution in [-0.4, -0.2) is 23.6 Å². The number of anilines is 1. The average Bonchev–Trinajstić information content (AvgIpc) is 2.37. The Morgan fingerprint density at radius 3 is 2.45 bits per heavy atom. The molecule has 2 N–H and O–H groups in total. The Hall–Kier alpha value is -1.43. The number of nitrogens with one attached hydrogen (secondary N) is 1. The van der Waals surface area contributed by atoms with E-state index in [1.807, 2.05) is 0 Å². The molecular formula is C14H18F3NO2. The molecule has 6 heteroatoms. The van der Waals surface area contributed by atoms with Gasteiger partial charge in [-0.25, -0.2) is 0 Å². The highest BCUT2D eigenvalue weighted by molar-refractivity contribution is 5.56. The summed E-state index contributed by atoms with van der Waals surface area (Å²) in [5, 5.41) is 13.2. The van der Waals surface area contributed by atoms with Crippen molar-refractivity contribution < 1.29 is 23.0 Å². The van der Waals surface area contributed by atoms with Gasteiger partial charge in [-0.05, 0) is 25.0 Å². The average molecular weight is 289 g/mol. The van der Waals surface area contributed by atoms with E-state index in [1.54, 1.807) is 6.07 Å². The number of ether oxygens (including phenoxy) is 1. The molecule has 1 fully saturated rings. The largest absolute Gasteiger partial charge is 0.573 e. The molecule has 0 atom stereocenters. The van der Waals surface area contributed by atoms with E-state index in [-0.39, 0.29) is 18.0 Å². The van der Waals surface area contributed by atoms with E-state index in [9.17, 15) is 18.3 Å². The van der Waals surface area contributed by atoms with E-state index in [4.69, 9.17) is 0 Å². The van der Waals surface area contributed by atoms with Gasteiger partial charge in [0.15, 0.2) is 5.75 Å². The molecule has 1 aromatic rings. The second kappa shape index (κ2) is 5.91. The van der Waals surface area contributed by atoms with Crippen LogP contribution in [0, 0.1) is 0 Å². The first kappa shape index (κ1) is 15.0. The number of aliphatic hydroxyl groups is 1. The van der Waals surface area contributed by atoms with Crippen LogP contribution in [0.5, 0.6) is 5.75 Å². The summed E-state index contributed by atoms with van der Waals surface area (Å²) in [6, 6.07) is 5.85. The maximum Gasteiger partial charge on any atom is 0.573 e. The van der Waals surface area contributed by atoms with Crippen molar-refractivity contribution in [2.45, 2.75) is 44.1 Å². The highest BCUT2D eigenvalue weighted by Gasteiger charge is 2.33. The van der Waals surface area contributed by atoms with Gasteiger partial charge in [0.1, 0.15) is 0 Å². The first-order chi connectivity index (χ1) is 9.38. The topological polar surface area (TPSA) is 41.5 Å². The van der Waals surface area contributed by atoms with Gasteiger partial charge >= 0.3 is 6.36 Å². The molecule has 0 unspecified atom stereocenters. The van der Waals surface area contributed by atoms with Gasteiger partial charge in [0.05, 0.1) is 11.3 Å². The first-order valence-corrected chi connectivity index (χ1v) is 6.69. The third kappa shape index (κ3) is 4.30. The lowest BCUT2D eigenvalue weighted by Gasteiger charge is -2.32. The van der Waals surface area contributed by atoms with Crippen molar-refractivity contribution in [1.29, 1.82) is 0 Å². The van der Waals surface area contributed by atoms with Crippen LogP contribution in [0.15, 0.2) is 24.3 Å². The molecule has 0 spiro atoms. The summed E-state index contributed by atoms with van der Waals surface area (Å²) in [6.45, 7) is 0.227. The maximum absolute atomic E-state index is 12.3. The Balaban J connectivity index is 2.02. The van der Waals surface area contributed by atoms with Crippen LogP contribution in [0.2, 0.25) is 0 Å². The Morgan fingerprint density at radius 1 is 1.15 bits per heavy atom. The smallest absolute Gasteiger partial charge is 0.404 e. The number of hydrogen-bond donors (Lipinski definition) is 2. The highest BCUT2D eigenvalue weighted by atomic mass is 19.4. The second-order valence-electron chi connectivity index (χ2n) is 5.18. The van der Waals surface area contributed by atoms with Gasteiger partial charge in [-0.3, -0.25) is 0 Å². The Morgan fingerprint density at radius 2 is 1.80 bits per heavy atom. The van der Waals surface area contributed by atoms with Crippen LogP contribution in [-0.2, 0) is 0 Å². The standard InChI is InChI=1S/C14H18F3NO2/c15-14(16,17)20-12-7-3-2-6-11(12)18-10-13(19)8-4-1-5-9-13/h2-3,6-7,18-19H,1,4-5,8-10H2. The van der Waals surface area contributed by atoms with Crippen molar-refractivity contribution in [1.82, 2.24) is 0 Å². The summed E-state index contributed by atoms with van der Waals surface area (Å²) in [6.07, 6.45) is -0.405. The number of alkyl halides is 3. The zero-order valence-corrected chi connectivity index (χ0v) is 11.0. The fraction of sp³-hybridized carbons (Fsp3) is 0.571. The van der Waals surface area contributed by atoms with Crippen LogP contribution >= 0.6 is 0 Å². The fourth-order valence-electron chi connectivity index (χ4n) is 2.47. The lowest BCUT2D eigenvalue weighted by molar-refractivity contribution is -0.274. The molecule has 0 amide bonds. The predicted octanol–water partition coefficient (Wildman–Crippen LogP) is 3.69. The number of para-hydroxylation sites is 2. The molecule has 3 nitrogen and oxygen atoms in total. The molecule has 0 radical (unpaired) electrons. The summed E-state index contributed by atoms with van der Waals surface area (Å²) < 4.78 is 40.8. The molecule has 2 rings (SSSR count). The second-order valence-corrected chi connectivity index (χ2v) is 5.18. The third-order valence-corrected chi connectivity index (χ3v) is 3.50.